The van der Waals surface area contributed by atoms with Gasteiger partial charge in [-0.25, -0.2) is 8.78 Å². The third kappa shape index (κ3) is 4.01. The number of methoxy groups -OCH3 is 1. The molecular weight excluding hydrogens is 272 g/mol. The normalized spacial score (nSPS) is 19.4. The van der Waals surface area contributed by atoms with Crippen molar-refractivity contribution in [3.8, 4) is 0 Å². The number of nitrogens with one attached hydrogen (secondary N) is 1. The predicted molar refractivity (Wildman–Crippen MR) is 80.3 cm³/mol. The van der Waals surface area contributed by atoms with E-state index < -0.39 is 11.6 Å². The summed E-state index contributed by atoms with van der Waals surface area (Å²) in [5.41, 5.74) is 0.409. The monoisotopic (exact) mass is 297 g/mol. The smallest absolute Gasteiger partial charge is 0.162 e. The van der Waals surface area contributed by atoms with Crippen molar-refractivity contribution in [1.29, 1.82) is 0 Å². The van der Waals surface area contributed by atoms with E-state index in [1.54, 1.807) is 19.2 Å². The Balaban J connectivity index is 2.11. The molecule has 1 aliphatic carbocycles. The fraction of sp³-hybridized carbons (Fsp3) is 0.647. The largest absolute Gasteiger partial charge is 0.380 e. The molecule has 21 heavy (non-hydrogen) atoms. The Morgan fingerprint density at radius 2 is 1.95 bits per heavy atom. The van der Waals surface area contributed by atoms with Gasteiger partial charge in [0, 0.05) is 13.2 Å². The lowest BCUT2D eigenvalue weighted by Crippen LogP contribution is -2.45. The first-order valence-electron chi connectivity index (χ1n) is 7.80. The summed E-state index contributed by atoms with van der Waals surface area (Å²) in [6.45, 7) is 0. The van der Waals surface area contributed by atoms with Crippen LogP contribution in [0.4, 0.5) is 8.78 Å². The Morgan fingerprint density at radius 1 is 1.24 bits per heavy atom. The maximum absolute atomic E-state index is 13.9. The van der Waals surface area contributed by atoms with E-state index in [1.807, 2.05) is 7.05 Å². The van der Waals surface area contributed by atoms with Crippen molar-refractivity contribution < 1.29 is 13.5 Å². The van der Waals surface area contributed by atoms with E-state index in [4.69, 9.17) is 4.74 Å². The summed E-state index contributed by atoms with van der Waals surface area (Å²) >= 11 is 0. The van der Waals surface area contributed by atoms with Crippen LogP contribution >= 0.6 is 0 Å². The second-order valence-corrected chi connectivity index (χ2v) is 5.91. The molecule has 1 N–H and O–H groups in total. The van der Waals surface area contributed by atoms with Crippen LogP contribution in [-0.4, -0.2) is 26.3 Å². The van der Waals surface area contributed by atoms with Gasteiger partial charge in [-0.15, -0.1) is 0 Å². The van der Waals surface area contributed by atoms with E-state index in [-0.39, 0.29) is 12.1 Å². The number of rotatable bonds is 6. The predicted octanol–water partition coefficient (Wildman–Crippen LogP) is 3.69. The van der Waals surface area contributed by atoms with E-state index in [0.717, 1.165) is 18.9 Å². The van der Waals surface area contributed by atoms with Crippen molar-refractivity contribution >= 4 is 0 Å². The van der Waals surface area contributed by atoms with E-state index in [9.17, 15) is 8.78 Å². The molecule has 1 aromatic carbocycles. The van der Waals surface area contributed by atoms with Gasteiger partial charge in [-0.2, -0.15) is 0 Å². The summed E-state index contributed by atoms with van der Waals surface area (Å²) in [7, 11) is 3.57. The second-order valence-electron chi connectivity index (χ2n) is 5.91. The van der Waals surface area contributed by atoms with Crippen LogP contribution in [0.15, 0.2) is 18.2 Å². The molecule has 118 valence electrons. The molecule has 4 heteroatoms. The maximum atomic E-state index is 13.9. The minimum Gasteiger partial charge on any atom is -0.380 e. The number of benzene rings is 1. The zero-order valence-corrected chi connectivity index (χ0v) is 12.9. The molecule has 0 saturated heterocycles. The Labute approximate surface area is 125 Å². The van der Waals surface area contributed by atoms with Crippen molar-refractivity contribution in [2.24, 2.45) is 5.92 Å². The number of ether oxygens (including phenoxy) is 1. The Hall–Kier alpha value is -1.00. The van der Waals surface area contributed by atoms with Crippen LogP contribution in [0, 0.1) is 17.6 Å². The minimum atomic E-state index is -0.783. The van der Waals surface area contributed by atoms with Gasteiger partial charge in [0.15, 0.2) is 11.6 Å². The molecule has 0 heterocycles. The quantitative estimate of drug-likeness (QED) is 0.864. The van der Waals surface area contributed by atoms with Crippen molar-refractivity contribution in [3.05, 3.63) is 35.4 Å². The summed E-state index contributed by atoms with van der Waals surface area (Å²) in [5.74, 6) is -1.02. The summed E-state index contributed by atoms with van der Waals surface area (Å²) in [6.07, 6.45) is 6.54. The van der Waals surface area contributed by atoms with Gasteiger partial charge in [-0.3, -0.25) is 0 Å². The highest BCUT2D eigenvalue weighted by molar-refractivity contribution is 5.20. The average molecular weight is 297 g/mol. The maximum Gasteiger partial charge on any atom is 0.162 e. The molecule has 1 fully saturated rings. The molecule has 0 aromatic heterocycles. The van der Waals surface area contributed by atoms with E-state index in [2.05, 4.69) is 5.32 Å². The molecule has 0 aliphatic heterocycles. The summed E-state index contributed by atoms with van der Waals surface area (Å²) in [5, 5.41) is 3.23. The van der Waals surface area contributed by atoms with Crippen LogP contribution in [0.1, 0.15) is 37.7 Å². The summed E-state index contributed by atoms with van der Waals surface area (Å²) in [4.78, 5) is 0. The molecular formula is C17H25F2NO. The Kier molecular flexibility index (Phi) is 6.12. The molecule has 2 unspecified atom stereocenters. The van der Waals surface area contributed by atoms with Crippen LogP contribution in [-0.2, 0) is 11.2 Å². The van der Waals surface area contributed by atoms with Crippen molar-refractivity contribution in [3.63, 3.8) is 0 Å². The lowest BCUT2D eigenvalue weighted by atomic mass is 9.81. The van der Waals surface area contributed by atoms with Crippen molar-refractivity contribution in [1.82, 2.24) is 5.32 Å². The van der Waals surface area contributed by atoms with Gasteiger partial charge in [0.2, 0.25) is 0 Å². The molecule has 1 saturated carbocycles. The van der Waals surface area contributed by atoms with Gasteiger partial charge in [-0.1, -0.05) is 31.4 Å². The molecule has 0 spiro atoms. The highest BCUT2D eigenvalue weighted by atomic mass is 19.2. The average Bonchev–Trinajstić information content (AvgIpc) is 2.52. The second kappa shape index (κ2) is 7.85. The van der Waals surface area contributed by atoms with Gasteiger partial charge in [-0.05, 0) is 43.9 Å². The number of hydrogen-bond donors (Lipinski definition) is 1. The van der Waals surface area contributed by atoms with E-state index in [0.29, 0.717) is 17.9 Å². The van der Waals surface area contributed by atoms with Gasteiger partial charge in [0.25, 0.3) is 0 Å². The van der Waals surface area contributed by atoms with Crippen LogP contribution in [0.5, 0.6) is 0 Å². The van der Waals surface area contributed by atoms with Crippen molar-refractivity contribution in [2.75, 3.05) is 14.2 Å². The summed E-state index contributed by atoms with van der Waals surface area (Å²) < 4.78 is 32.9. The molecule has 1 aliphatic rings. The molecule has 2 rings (SSSR count). The first-order valence-corrected chi connectivity index (χ1v) is 7.80. The Bertz CT molecular complexity index is 446. The minimum absolute atomic E-state index is 0.00519. The molecule has 2 atom stereocenters. The molecule has 0 amide bonds. The lowest BCUT2D eigenvalue weighted by Gasteiger charge is -2.35. The highest BCUT2D eigenvalue weighted by Gasteiger charge is 2.30. The van der Waals surface area contributed by atoms with E-state index >= 15 is 0 Å². The highest BCUT2D eigenvalue weighted by Crippen LogP contribution is 2.30. The standard InChI is InChI=1S/C17H25F2NO/c1-20-15(11-13-9-6-10-14(18)16(13)19)17(21-2)12-7-4-3-5-8-12/h6,9-10,12,15,17,20H,3-5,7-8,11H2,1-2H3. The van der Waals surface area contributed by atoms with Crippen LogP contribution in [0.3, 0.4) is 0 Å². The van der Waals surface area contributed by atoms with Crippen LogP contribution in [0.25, 0.3) is 0 Å². The first kappa shape index (κ1) is 16.4. The topological polar surface area (TPSA) is 21.3 Å². The van der Waals surface area contributed by atoms with Gasteiger partial charge >= 0.3 is 0 Å². The summed E-state index contributed by atoms with van der Waals surface area (Å²) in [6, 6.07) is 4.36. The molecule has 0 bridgehead atoms. The zero-order chi connectivity index (χ0) is 15.2. The Morgan fingerprint density at radius 3 is 2.57 bits per heavy atom. The van der Waals surface area contributed by atoms with Crippen molar-refractivity contribution in [2.45, 2.75) is 50.7 Å². The lowest BCUT2D eigenvalue weighted by molar-refractivity contribution is 0.00995. The zero-order valence-electron chi connectivity index (χ0n) is 12.9. The van der Waals surface area contributed by atoms with Crippen LogP contribution in [0.2, 0.25) is 0 Å². The van der Waals surface area contributed by atoms with E-state index in [1.165, 1.54) is 19.3 Å². The fourth-order valence-electron chi connectivity index (χ4n) is 3.47. The third-order valence-electron chi connectivity index (χ3n) is 4.63. The fourth-order valence-corrected chi connectivity index (χ4v) is 3.47. The molecule has 1 aromatic rings. The SMILES string of the molecule is CNC(Cc1cccc(F)c1F)C(OC)C1CCCCC1. The number of likely N-dealkylation sites (N-methyl/N-ethyl adjacent to an activating group) is 1. The van der Waals surface area contributed by atoms with Gasteiger partial charge in [0.1, 0.15) is 0 Å². The van der Waals surface area contributed by atoms with Gasteiger partial charge in [0.05, 0.1) is 6.10 Å². The molecule has 0 radical (unpaired) electrons. The third-order valence-corrected chi connectivity index (χ3v) is 4.63. The number of hydrogen-bond acceptors (Lipinski definition) is 2. The van der Waals surface area contributed by atoms with Crippen LogP contribution < -0.4 is 5.32 Å². The first-order chi connectivity index (χ1) is 10.2. The number of halogens is 2. The van der Waals surface area contributed by atoms with Gasteiger partial charge < -0.3 is 10.1 Å². The molecule has 2 nitrogen and oxygen atoms in total.